The third-order valence-electron chi connectivity index (χ3n) is 8.15. The van der Waals surface area contributed by atoms with Gasteiger partial charge >= 0.3 is 6.09 Å². The van der Waals surface area contributed by atoms with Crippen LogP contribution in [0.3, 0.4) is 0 Å². The number of aliphatic hydroxyl groups is 2. The molecule has 3 aromatic carbocycles. The topological polar surface area (TPSA) is 102 Å². The van der Waals surface area contributed by atoms with Crippen molar-refractivity contribution in [2.24, 2.45) is 0 Å². The highest BCUT2D eigenvalue weighted by atomic mass is 32.2. The highest BCUT2D eigenvalue weighted by molar-refractivity contribution is 7.99. The number of piperazine rings is 1. The van der Waals surface area contributed by atoms with Crippen molar-refractivity contribution in [1.29, 1.82) is 0 Å². The maximum Gasteiger partial charge on any atom is 0.410 e. The number of ether oxygens (including phenoxy) is 1. The Morgan fingerprint density at radius 3 is 2.24 bits per heavy atom. The molecule has 0 spiro atoms. The lowest BCUT2D eigenvalue weighted by Crippen LogP contribution is -2.50. The van der Waals surface area contributed by atoms with Crippen LogP contribution in [0.4, 0.5) is 19.3 Å². The predicted octanol–water partition coefficient (Wildman–Crippen LogP) is 5.44. The molecule has 4 aromatic rings. The largest absolute Gasteiger partial charge is 0.444 e. The van der Waals surface area contributed by atoms with Crippen LogP contribution in [0.2, 0.25) is 0 Å². The fraction of sp³-hybridized carbons (Fsp3) is 0.382. The fourth-order valence-corrected chi connectivity index (χ4v) is 6.73. The molecule has 2 aliphatic rings. The van der Waals surface area contributed by atoms with Crippen molar-refractivity contribution in [2.45, 2.75) is 32.3 Å². The molecule has 0 unspecified atom stereocenters. The third kappa shape index (κ3) is 6.66. The Balaban J connectivity index is 1.27. The van der Waals surface area contributed by atoms with E-state index in [2.05, 4.69) is 9.88 Å². The minimum atomic E-state index is -2.77. The van der Waals surface area contributed by atoms with Gasteiger partial charge in [0.25, 0.3) is 5.91 Å². The quantitative estimate of drug-likeness (QED) is 0.274. The molecule has 2 saturated heterocycles. The van der Waals surface area contributed by atoms with Crippen molar-refractivity contribution in [3.8, 4) is 22.4 Å². The molecule has 0 bridgehead atoms. The number of nitrogens with zero attached hydrogens (tertiary/aromatic N) is 5. The van der Waals surface area contributed by atoms with Crippen LogP contribution in [0.15, 0.2) is 60.8 Å². The normalized spacial score (nSPS) is 16.6. The van der Waals surface area contributed by atoms with E-state index in [4.69, 9.17) is 9.72 Å². The maximum atomic E-state index is 15.5. The standard InChI is InChI=1S/C34H37F2N5O4S/c1-33(2,3)45-32(42)40-12-10-39(11-13-40)24-7-4-6-22(18-24)29-21-37-28-9-5-8-25(31(28)38-29)23-19-26(35)30(27(36)20-23)34(43,44)41-14-16-46-17-15-41/h4-9,18-21,43-44H,10-17H2,1-3H3. The van der Waals surface area contributed by atoms with Crippen molar-refractivity contribution in [3.63, 3.8) is 0 Å². The molecule has 46 heavy (non-hydrogen) atoms. The molecule has 12 heteroatoms. The first-order valence-electron chi connectivity index (χ1n) is 15.3. The number of thioether (sulfide) groups is 1. The lowest BCUT2D eigenvalue weighted by atomic mass is 9.99. The molecule has 2 N–H and O–H groups in total. The third-order valence-corrected chi connectivity index (χ3v) is 9.09. The van der Waals surface area contributed by atoms with Gasteiger partial charge in [-0.25, -0.2) is 23.5 Å². The molecule has 9 nitrogen and oxygen atoms in total. The molecule has 0 atom stereocenters. The molecule has 3 heterocycles. The second-order valence-electron chi connectivity index (χ2n) is 12.5. The molecular formula is C34H37F2N5O4S. The van der Waals surface area contributed by atoms with Crippen LogP contribution >= 0.6 is 11.8 Å². The van der Waals surface area contributed by atoms with E-state index >= 15 is 8.78 Å². The zero-order valence-electron chi connectivity index (χ0n) is 26.0. The van der Waals surface area contributed by atoms with Crippen LogP contribution in [-0.2, 0) is 10.6 Å². The number of carbonyl (C=O) groups is 1. The number of hydrogen-bond acceptors (Lipinski definition) is 9. The molecule has 2 aliphatic heterocycles. The molecule has 0 saturated carbocycles. The Morgan fingerprint density at radius 1 is 0.891 bits per heavy atom. The summed E-state index contributed by atoms with van der Waals surface area (Å²) in [6.07, 6.45) is 1.35. The van der Waals surface area contributed by atoms with Crippen LogP contribution in [-0.4, -0.2) is 92.4 Å². The van der Waals surface area contributed by atoms with Gasteiger partial charge in [0.1, 0.15) is 17.2 Å². The van der Waals surface area contributed by atoms with Gasteiger partial charge in [0.2, 0.25) is 0 Å². The van der Waals surface area contributed by atoms with Gasteiger partial charge in [-0.05, 0) is 56.7 Å². The van der Waals surface area contributed by atoms with E-state index in [9.17, 15) is 15.0 Å². The number of amides is 1. The summed E-state index contributed by atoms with van der Waals surface area (Å²) in [5.74, 6) is -3.62. The van der Waals surface area contributed by atoms with Gasteiger partial charge in [-0.2, -0.15) is 11.8 Å². The summed E-state index contributed by atoms with van der Waals surface area (Å²) in [6.45, 7) is 8.50. The highest BCUT2D eigenvalue weighted by Gasteiger charge is 2.40. The minimum absolute atomic E-state index is 0.206. The zero-order valence-corrected chi connectivity index (χ0v) is 26.9. The highest BCUT2D eigenvalue weighted by Crippen LogP contribution is 2.35. The molecule has 0 radical (unpaired) electrons. The van der Waals surface area contributed by atoms with Gasteiger partial charge in [0, 0.05) is 67.6 Å². The van der Waals surface area contributed by atoms with Crippen LogP contribution in [0.5, 0.6) is 0 Å². The number of para-hydroxylation sites is 1. The number of anilines is 1. The Kier molecular flexibility index (Phi) is 8.90. The first-order valence-corrected chi connectivity index (χ1v) is 16.4. The van der Waals surface area contributed by atoms with E-state index in [1.54, 1.807) is 41.1 Å². The fourth-order valence-electron chi connectivity index (χ4n) is 5.82. The average molecular weight is 650 g/mol. The molecule has 6 rings (SSSR count). The molecule has 0 aliphatic carbocycles. The summed E-state index contributed by atoms with van der Waals surface area (Å²) in [5, 5.41) is 21.6. The van der Waals surface area contributed by atoms with E-state index in [1.807, 2.05) is 45.0 Å². The van der Waals surface area contributed by atoms with Crippen molar-refractivity contribution >= 4 is 34.6 Å². The van der Waals surface area contributed by atoms with Crippen LogP contribution in [0.1, 0.15) is 26.3 Å². The summed E-state index contributed by atoms with van der Waals surface area (Å²) < 4.78 is 36.5. The summed E-state index contributed by atoms with van der Waals surface area (Å²) in [4.78, 5) is 27.2. The first kappa shape index (κ1) is 32.1. The van der Waals surface area contributed by atoms with Gasteiger partial charge in [0.15, 0.2) is 0 Å². The Labute approximate surface area is 270 Å². The molecule has 1 aromatic heterocycles. The SMILES string of the molecule is CC(C)(C)OC(=O)N1CCN(c2cccc(-c3cnc4cccc(-c5cc(F)c(C(O)(O)N6CCSCC6)c(F)c5)c4n3)c2)CC1. The van der Waals surface area contributed by atoms with E-state index < -0.39 is 28.7 Å². The Hall–Kier alpha value is -3.84. The Morgan fingerprint density at radius 2 is 1.57 bits per heavy atom. The predicted molar refractivity (Wildman–Crippen MR) is 175 cm³/mol. The Bertz CT molecular complexity index is 1730. The second kappa shape index (κ2) is 12.7. The van der Waals surface area contributed by atoms with Gasteiger partial charge in [0.05, 0.1) is 28.5 Å². The monoisotopic (exact) mass is 649 g/mol. The number of halogens is 2. The number of rotatable bonds is 5. The number of fused-ring (bicyclic) bond motifs is 1. The second-order valence-corrected chi connectivity index (χ2v) is 13.7. The van der Waals surface area contributed by atoms with Crippen molar-refractivity contribution in [1.82, 2.24) is 19.8 Å². The number of carbonyl (C=O) groups excluding carboxylic acids is 1. The lowest BCUT2D eigenvalue weighted by molar-refractivity contribution is -0.276. The van der Waals surface area contributed by atoms with E-state index in [0.717, 1.165) is 23.4 Å². The van der Waals surface area contributed by atoms with Crippen molar-refractivity contribution in [3.05, 3.63) is 78.0 Å². The molecule has 242 valence electrons. The minimum Gasteiger partial charge on any atom is -0.444 e. The number of benzene rings is 3. The van der Waals surface area contributed by atoms with Crippen molar-refractivity contribution < 1.29 is 28.5 Å². The van der Waals surface area contributed by atoms with Crippen molar-refractivity contribution in [2.75, 3.05) is 55.7 Å². The summed E-state index contributed by atoms with van der Waals surface area (Å²) >= 11 is 1.65. The number of aromatic nitrogens is 2. The summed E-state index contributed by atoms with van der Waals surface area (Å²) in [5.41, 5.74) is 2.69. The average Bonchev–Trinajstić information content (AvgIpc) is 3.03. The van der Waals surface area contributed by atoms with Gasteiger partial charge in [-0.1, -0.05) is 24.3 Å². The van der Waals surface area contributed by atoms with E-state index in [0.29, 0.717) is 73.1 Å². The summed E-state index contributed by atoms with van der Waals surface area (Å²) in [6, 6.07) is 15.3. The first-order chi connectivity index (χ1) is 21.9. The van der Waals surface area contributed by atoms with Crippen LogP contribution in [0.25, 0.3) is 33.4 Å². The van der Waals surface area contributed by atoms with Gasteiger partial charge in [-0.3, -0.25) is 4.98 Å². The van der Waals surface area contributed by atoms with Gasteiger partial charge in [-0.15, -0.1) is 0 Å². The maximum absolute atomic E-state index is 15.5. The van der Waals surface area contributed by atoms with E-state index in [-0.39, 0.29) is 11.7 Å². The van der Waals surface area contributed by atoms with Crippen LogP contribution in [0, 0.1) is 11.6 Å². The van der Waals surface area contributed by atoms with Crippen LogP contribution < -0.4 is 4.90 Å². The zero-order chi connectivity index (χ0) is 32.6. The number of hydrogen-bond donors (Lipinski definition) is 2. The molecule has 1 amide bonds. The summed E-state index contributed by atoms with van der Waals surface area (Å²) in [7, 11) is 0. The smallest absolute Gasteiger partial charge is 0.410 e. The van der Waals surface area contributed by atoms with E-state index in [1.165, 1.54) is 4.90 Å². The molecular weight excluding hydrogens is 612 g/mol. The van der Waals surface area contributed by atoms with Gasteiger partial charge < -0.3 is 24.7 Å². The molecule has 2 fully saturated rings. The lowest BCUT2D eigenvalue weighted by Gasteiger charge is -2.37.